The third-order valence-corrected chi connectivity index (χ3v) is 10.8. The molecule has 4 aromatic heterocycles. The van der Waals surface area contributed by atoms with Crippen molar-refractivity contribution in [2.75, 3.05) is 0 Å². The highest BCUT2D eigenvalue weighted by molar-refractivity contribution is 6.08. The number of hydrogen-bond acceptors (Lipinski definition) is 2. The fraction of sp³-hybridized carbons (Fsp3) is 0.205. The average molecular weight is 644 g/mol. The van der Waals surface area contributed by atoms with Gasteiger partial charge in [0.2, 0.25) is 17.1 Å². The molecule has 3 aromatic carbocycles. The molecule has 0 bridgehead atoms. The van der Waals surface area contributed by atoms with Crippen LogP contribution in [0.25, 0.3) is 61.4 Å². The summed E-state index contributed by atoms with van der Waals surface area (Å²) >= 11 is 0. The maximum Gasteiger partial charge on any atom is 0.227 e. The van der Waals surface area contributed by atoms with E-state index in [0.29, 0.717) is 11.6 Å². The second-order valence-corrected chi connectivity index (χ2v) is 14.0. The van der Waals surface area contributed by atoms with Gasteiger partial charge in [-0.1, -0.05) is 50.2 Å². The summed E-state index contributed by atoms with van der Waals surface area (Å²) < 4.78 is 25.4. The Kier molecular flexibility index (Phi) is 6.87. The number of aryl methyl sites for hydroxylation is 2. The summed E-state index contributed by atoms with van der Waals surface area (Å²) in [5.41, 5.74) is 14.1. The molecule has 2 aliphatic heterocycles. The number of furan rings is 1. The topological polar surface area (TPSA) is 33.8 Å². The van der Waals surface area contributed by atoms with Crippen molar-refractivity contribution in [3.63, 3.8) is 0 Å². The van der Waals surface area contributed by atoms with Gasteiger partial charge in [0, 0.05) is 51.7 Å². The molecule has 7 aromatic rings. The molecule has 0 radical (unpaired) electrons. The smallest absolute Gasteiger partial charge is 0.227 e. The van der Waals surface area contributed by atoms with Crippen molar-refractivity contribution in [2.45, 2.75) is 57.9 Å². The quantitative estimate of drug-likeness (QED) is 0.176. The molecule has 0 saturated heterocycles. The summed E-state index contributed by atoms with van der Waals surface area (Å²) in [7, 11) is 0. The van der Waals surface area contributed by atoms with Crippen molar-refractivity contribution >= 4 is 27.8 Å². The molecule has 240 valence electrons. The van der Waals surface area contributed by atoms with Gasteiger partial charge in [-0.05, 0) is 97.0 Å². The molecule has 49 heavy (non-hydrogen) atoms. The largest absolute Gasteiger partial charge is 0.437 e. The number of rotatable bonds is 2. The number of aromatic nitrogens is 3. The van der Waals surface area contributed by atoms with E-state index < -0.39 is 0 Å². The van der Waals surface area contributed by atoms with Crippen LogP contribution >= 0.6 is 0 Å². The van der Waals surface area contributed by atoms with Crippen LogP contribution in [0.3, 0.4) is 0 Å². The van der Waals surface area contributed by atoms with E-state index in [-0.39, 0.29) is 17.8 Å². The first-order valence-electron chi connectivity index (χ1n) is 17.3. The Labute approximate surface area is 285 Å². The third-order valence-electron chi connectivity index (χ3n) is 10.8. The van der Waals surface area contributed by atoms with E-state index in [1.54, 1.807) is 0 Å². The van der Waals surface area contributed by atoms with Gasteiger partial charge >= 0.3 is 0 Å². The third kappa shape index (κ3) is 4.82. The van der Waals surface area contributed by atoms with Gasteiger partial charge in [-0.15, -0.1) is 0 Å². The minimum absolute atomic E-state index is 0.178. The molecule has 0 N–H and O–H groups in total. The molecular weight excluding hydrogens is 606 g/mol. The summed E-state index contributed by atoms with van der Waals surface area (Å²) in [4.78, 5) is 4.77. The van der Waals surface area contributed by atoms with Crippen LogP contribution < -0.4 is 9.13 Å². The minimum Gasteiger partial charge on any atom is -0.437 e. The molecular formula is C44H38FN3O+2. The van der Waals surface area contributed by atoms with Gasteiger partial charge in [-0.3, -0.25) is 0 Å². The maximum atomic E-state index is 14.0. The number of pyridine rings is 3. The second-order valence-electron chi connectivity index (χ2n) is 14.0. The van der Waals surface area contributed by atoms with Gasteiger partial charge < -0.3 is 4.42 Å². The lowest BCUT2D eigenvalue weighted by molar-refractivity contribution is -0.720. The van der Waals surface area contributed by atoms with Gasteiger partial charge in [-0.25, -0.2) is 9.37 Å². The molecule has 5 heteroatoms. The fourth-order valence-corrected chi connectivity index (χ4v) is 8.22. The fourth-order valence-electron chi connectivity index (χ4n) is 8.22. The zero-order chi connectivity index (χ0) is 33.4. The van der Waals surface area contributed by atoms with Crippen LogP contribution in [0.4, 0.5) is 4.39 Å². The molecule has 0 saturated carbocycles. The standard InChI is InChI=1S/C44H38FN3O/c1-26(2)31-13-19-34-38(24-31)35-18-11-30-12-20-36-37-17-8-27(3)46-44(37)49-43(36)42(30)40-21-14-32(29-9-15-33(45)16-10-29)25-48(40)28(4)23-41(35)47-22-6-5-7-39(34)47/h5-10,12-17,19-22,24-26,35,41H,4,11,18,23H2,1-3H3/q+2. The summed E-state index contributed by atoms with van der Waals surface area (Å²) in [6.07, 6.45) is 7.04. The second kappa shape index (κ2) is 11.3. The molecule has 0 aliphatic carbocycles. The summed E-state index contributed by atoms with van der Waals surface area (Å²) in [6, 6.07) is 33.5. The van der Waals surface area contributed by atoms with Crippen LogP contribution in [-0.4, -0.2) is 4.98 Å². The Balaban J connectivity index is 1.30. The van der Waals surface area contributed by atoms with E-state index in [0.717, 1.165) is 69.4 Å². The highest BCUT2D eigenvalue weighted by Gasteiger charge is 2.43. The molecule has 4 nitrogen and oxygen atoms in total. The van der Waals surface area contributed by atoms with Crippen LogP contribution in [0.5, 0.6) is 0 Å². The van der Waals surface area contributed by atoms with Crippen LogP contribution in [0.2, 0.25) is 0 Å². The van der Waals surface area contributed by atoms with Gasteiger partial charge in [0.25, 0.3) is 0 Å². The number of hydrogen-bond donors (Lipinski definition) is 0. The Morgan fingerprint density at radius 2 is 1.69 bits per heavy atom. The zero-order valence-electron chi connectivity index (χ0n) is 28.1. The first-order chi connectivity index (χ1) is 23.8. The number of halogens is 1. The van der Waals surface area contributed by atoms with Crippen molar-refractivity contribution in [1.82, 2.24) is 4.98 Å². The lowest BCUT2D eigenvalue weighted by Crippen LogP contribution is -2.49. The molecule has 0 spiro atoms. The minimum atomic E-state index is -0.246. The summed E-state index contributed by atoms with van der Waals surface area (Å²) in [6.45, 7) is 11.3. The first kappa shape index (κ1) is 29.7. The maximum absolute atomic E-state index is 14.0. The Morgan fingerprint density at radius 1 is 0.878 bits per heavy atom. The molecule has 2 atom stereocenters. The van der Waals surface area contributed by atoms with Crippen LogP contribution in [-0.2, 0) is 6.42 Å². The van der Waals surface area contributed by atoms with Crippen LogP contribution in [0, 0.1) is 12.7 Å². The van der Waals surface area contributed by atoms with Crippen molar-refractivity contribution in [1.29, 1.82) is 0 Å². The van der Waals surface area contributed by atoms with Crippen molar-refractivity contribution in [3.8, 4) is 33.6 Å². The Hall–Kier alpha value is -5.42. The number of benzene rings is 3. The van der Waals surface area contributed by atoms with Crippen LogP contribution in [0.1, 0.15) is 67.0 Å². The molecule has 2 aliphatic rings. The van der Waals surface area contributed by atoms with E-state index in [4.69, 9.17) is 16.0 Å². The van der Waals surface area contributed by atoms with E-state index in [1.807, 2.05) is 25.1 Å². The highest BCUT2D eigenvalue weighted by Crippen LogP contribution is 2.46. The van der Waals surface area contributed by atoms with Crippen LogP contribution in [0.15, 0.2) is 120 Å². The Morgan fingerprint density at radius 3 is 2.53 bits per heavy atom. The Bertz CT molecular complexity index is 2460. The summed E-state index contributed by atoms with van der Waals surface area (Å²) in [5.74, 6) is 0.468. The van der Waals surface area contributed by atoms with Crippen molar-refractivity contribution < 1.29 is 17.9 Å². The van der Waals surface area contributed by atoms with Crippen molar-refractivity contribution in [2.24, 2.45) is 0 Å². The van der Waals surface area contributed by atoms with Gasteiger partial charge in [0.1, 0.15) is 5.82 Å². The lowest BCUT2D eigenvalue weighted by Gasteiger charge is -2.32. The number of nitrogens with zero attached hydrogens (tertiary/aromatic N) is 3. The van der Waals surface area contributed by atoms with E-state index >= 15 is 0 Å². The number of allylic oxidation sites excluding steroid dienone is 1. The van der Waals surface area contributed by atoms with E-state index in [2.05, 4.69) is 102 Å². The monoisotopic (exact) mass is 643 g/mol. The summed E-state index contributed by atoms with van der Waals surface area (Å²) in [5, 5.41) is 2.08. The molecule has 0 amide bonds. The SMILES string of the molecule is C=C1CC2C(CCc3ccc4c(oc5nc(C)ccc54)c3-c3ccc(-c4ccc(F)cc4)c[n+]31)c1cc(C(C)C)ccc1-c1cccc[n+]12. The predicted molar refractivity (Wildman–Crippen MR) is 193 cm³/mol. The predicted octanol–water partition coefficient (Wildman–Crippen LogP) is 10.3. The van der Waals surface area contributed by atoms with Gasteiger partial charge in [0.15, 0.2) is 29.7 Å². The van der Waals surface area contributed by atoms with E-state index in [9.17, 15) is 4.39 Å². The zero-order valence-corrected chi connectivity index (χ0v) is 28.1. The van der Waals surface area contributed by atoms with E-state index in [1.165, 1.54) is 40.1 Å². The highest BCUT2D eigenvalue weighted by atomic mass is 19.1. The van der Waals surface area contributed by atoms with Gasteiger partial charge in [0.05, 0.1) is 12.0 Å². The molecule has 9 rings (SSSR count). The molecule has 2 unspecified atom stereocenters. The van der Waals surface area contributed by atoms with Gasteiger partial charge in [-0.2, -0.15) is 9.13 Å². The lowest BCUT2D eigenvalue weighted by atomic mass is 9.76. The number of fused-ring (bicyclic) bond motifs is 13. The normalized spacial score (nSPS) is 17.0. The molecule has 0 fully saturated rings. The average Bonchev–Trinajstić information content (AvgIpc) is 3.48. The first-order valence-corrected chi connectivity index (χ1v) is 17.3. The molecule has 6 heterocycles. The van der Waals surface area contributed by atoms with Crippen molar-refractivity contribution in [3.05, 3.63) is 144 Å².